The lowest BCUT2D eigenvalue weighted by Crippen LogP contribution is -2.30. The Morgan fingerprint density at radius 2 is 2.14 bits per heavy atom. The normalized spacial score (nSPS) is 12.2. The zero-order chi connectivity index (χ0) is 15.4. The van der Waals surface area contributed by atoms with E-state index >= 15 is 0 Å². The van der Waals surface area contributed by atoms with Gasteiger partial charge >= 0.3 is 0 Å². The molecule has 2 aromatic carbocycles. The summed E-state index contributed by atoms with van der Waals surface area (Å²) < 4.78 is 19.4. The van der Waals surface area contributed by atoms with E-state index in [2.05, 4.69) is 21.4 Å². The van der Waals surface area contributed by atoms with Crippen LogP contribution in [0.1, 0.15) is 17.2 Å². The van der Waals surface area contributed by atoms with Crippen molar-refractivity contribution in [3.05, 3.63) is 62.8 Å². The predicted octanol–water partition coefficient (Wildman–Crippen LogP) is 4.00. The Balaban J connectivity index is 2.34. The Hall–Kier alpha value is -1.14. The summed E-state index contributed by atoms with van der Waals surface area (Å²) in [6.45, 7) is 0. The Bertz CT molecular complexity index is 639. The molecule has 0 spiro atoms. The topological polar surface area (TPSA) is 47.3 Å². The van der Waals surface area contributed by atoms with Gasteiger partial charge in [-0.2, -0.15) is 0 Å². The third-order valence-corrected chi connectivity index (χ3v) is 4.35. The number of benzene rings is 2. The SMILES string of the molecule is COc1cc(Cl)ccc1C(Cc1cccc(F)c1Br)NN. The first-order valence-corrected chi connectivity index (χ1v) is 7.46. The highest BCUT2D eigenvalue weighted by Crippen LogP contribution is 2.32. The van der Waals surface area contributed by atoms with Gasteiger partial charge in [0.05, 0.1) is 17.6 Å². The average Bonchev–Trinajstić information content (AvgIpc) is 2.49. The maximum atomic E-state index is 13.6. The lowest BCUT2D eigenvalue weighted by molar-refractivity contribution is 0.399. The van der Waals surface area contributed by atoms with Crippen molar-refractivity contribution in [2.45, 2.75) is 12.5 Å². The molecule has 1 unspecified atom stereocenters. The molecule has 3 nitrogen and oxygen atoms in total. The Morgan fingerprint density at radius 3 is 2.81 bits per heavy atom. The number of ether oxygens (including phenoxy) is 1. The van der Waals surface area contributed by atoms with Gasteiger partial charge < -0.3 is 4.74 Å². The first-order chi connectivity index (χ1) is 10.1. The molecule has 0 heterocycles. The second-order valence-corrected chi connectivity index (χ2v) is 5.75. The van der Waals surface area contributed by atoms with Crippen LogP contribution in [-0.2, 0) is 6.42 Å². The molecule has 0 fully saturated rings. The molecule has 0 saturated carbocycles. The van der Waals surface area contributed by atoms with Crippen LogP contribution in [0.2, 0.25) is 5.02 Å². The van der Waals surface area contributed by atoms with E-state index in [4.69, 9.17) is 22.2 Å². The van der Waals surface area contributed by atoms with Gasteiger partial charge in [-0.15, -0.1) is 0 Å². The molecule has 0 aliphatic rings. The van der Waals surface area contributed by atoms with Gasteiger partial charge in [-0.3, -0.25) is 11.3 Å². The molecule has 0 aromatic heterocycles. The second kappa shape index (κ2) is 7.22. The summed E-state index contributed by atoms with van der Waals surface area (Å²) in [6.07, 6.45) is 0.507. The molecule has 0 aliphatic carbocycles. The van der Waals surface area contributed by atoms with Crippen molar-refractivity contribution in [1.29, 1.82) is 0 Å². The van der Waals surface area contributed by atoms with E-state index in [1.165, 1.54) is 6.07 Å². The van der Waals surface area contributed by atoms with Crippen molar-refractivity contribution in [2.24, 2.45) is 5.84 Å². The van der Waals surface area contributed by atoms with E-state index in [0.29, 0.717) is 21.7 Å². The van der Waals surface area contributed by atoms with Crippen LogP contribution in [-0.4, -0.2) is 7.11 Å². The zero-order valence-corrected chi connectivity index (χ0v) is 13.7. The number of hydrazine groups is 1. The van der Waals surface area contributed by atoms with Crippen molar-refractivity contribution in [2.75, 3.05) is 7.11 Å². The highest BCUT2D eigenvalue weighted by molar-refractivity contribution is 9.10. The summed E-state index contributed by atoms with van der Waals surface area (Å²) in [5.41, 5.74) is 4.42. The molecule has 0 saturated heterocycles. The van der Waals surface area contributed by atoms with Gasteiger partial charge in [-0.25, -0.2) is 4.39 Å². The smallest absolute Gasteiger partial charge is 0.137 e. The third-order valence-electron chi connectivity index (χ3n) is 3.23. The van der Waals surface area contributed by atoms with E-state index < -0.39 is 0 Å². The molecule has 2 aromatic rings. The van der Waals surface area contributed by atoms with Crippen molar-refractivity contribution in [3.63, 3.8) is 0 Å². The first kappa shape index (κ1) is 16.2. The Labute approximate surface area is 136 Å². The van der Waals surface area contributed by atoms with Gasteiger partial charge in [0.15, 0.2) is 0 Å². The summed E-state index contributed by atoms with van der Waals surface area (Å²) >= 11 is 9.22. The summed E-state index contributed by atoms with van der Waals surface area (Å²) in [6, 6.07) is 10.0. The molecule has 0 aliphatic heterocycles. The maximum absolute atomic E-state index is 13.6. The fraction of sp³-hybridized carbons (Fsp3) is 0.200. The van der Waals surface area contributed by atoms with Gasteiger partial charge in [0.2, 0.25) is 0 Å². The van der Waals surface area contributed by atoms with Crippen molar-refractivity contribution in [1.82, 2.24) is 5.43 Å². The number of nitrogens with two attached hydrogens (primary N) is 1. The standard InChI is InChI=1S/C15H15BrClFN2O/c1-21-14-8-10(17)5-6-11(14)13(20-19)7-9-3-2-4-12(18)15(9)16/h2-6,8,13,20H,7,19H2,1H3. The number of hydrogen-bond donors (Lipinski definition) is 2. The molecular formula is C15H15BrClFN2O. The Morgan fingerprint density at radius 1 is 1.38 bits per heavy atom. The van der Waals surface area contributed by atoms with Gasteiger partial charge in [0, 0.05) is 10.6 Å². The zero-order valence-electron chi connectivity index (χ0n) is 11.4. The number of hydrogen-bond acceptors (Lipinski definition) is 3. The molecule has 0 radical (unpaired) electrons. The third kappa shape index (κ3) is 3.74. The van der Waals surface area contributed by atoms with Crippen LogP contribution in [0.25, 0.3) is 0 Å². The van der Waals surface area contributed by atoms with E-state index in [1.807, 2.05) is 12.1 Å². The summed E-state index contributed by atoms with van der Waals surface area (Å²) in [4.78, 5) is 0. The quantitative estimate of drug-likeness (QED) is 0.615. The van der Waals surface area contributed by atoms with E-state index in [9.17, 15) is 4.39 Å². The van der Waals surface area contributed by atoms with Crippen molar-refractivity contribution in [3.8, 4) is 5.75 Å². The van der Waals surface area contributed by atoms with E-state index in [0.717, 1.165) is 11.1 Å². The van der Waals surface area contributed by atoms with E-state index in [1.54, 1.807) is 25.3 Å². The molecule has 1 atom stereocenters. The van der Waals surface area contributed by atoms with Crippen molar-refractivity contribution >= 4 is 27.5 Å². The van der Waals surface area contributed by atoms with Gasteiger partial charge in [-0.05, 0) is 46.1 Å². The Kier molecular flexibility index (Phi) is 5.58. The minimum atomic E-state index is -0.300. The maximum Gasteiger partial charge on any atom is 0.137 e. The number of halogens is 3. The molecule has 2 rings (SSSR count). The predicted molar refractivity (Wildman–Crippen MR) is 85.9 cm³/mol. The highest BCUT2D eigenvalue weighted by Gasteiger charge is 2.18. The molecule has 3 N–H and O–H groups in total. The summed E-state index contributed by atoms with van der Waals surface area (Å²) in [5.74, 6) is 5.99. The first-order valence-electron chi connectivity index (χ1n) is 6.29. The fourth-order valence-corrected chi connectivity index (χ4v) is 2.75. The highest BCUT2D eigenvalue weighted by atomic mass is 79.9. The minimum Gasteiger partial charge on any atom is -0.496 e. The summed E-state index contributed by atoms with van der Waals surface area (Å²) in [7, 11) is 1.57. The molecule has 6 heteroatoms. The molecule has 0 amide bonds. The largest absolute Gasteiger partial charge is 0.496 e. The number of nitrogens with one attached hydrogen (secondary N) is 1. The van der Waals surface area contributed by atoms with Crippen LogP contribution >= 0.6 is 27.5 Å². The monoisotopic (exact) mass is 372 g/mol. The van der Waals surface area contributed by atoms with Crippen LogP contribution in [0.5, 0.6) is 5.75 Å². The van der Waals surface area contributed by atoms with Gasteiger partial charge in [0.1, 0.15) is 11.6 Å². The van der Waals surface area contributed by atoms with E-state index in [-0.39, 0.29) is 11.9 Å². The second-order valence-electron chi connectivity index (χ2n) is 4.52. The van der Waals surface area contributed by atoms with Crippen LogP contribution in [0.15, 0.2) is 40.9 Å². The number of rotatable bonds is 5. The molecule has 21 heavy (non-hydrogen) atoms. The minimum absolute atomic E-state index is 0.227. The lowest BCUT2D eigenvalue weighted by Gasteiger charge is -2.20. The lowest BCUT2D eigenvalue weighted by atomic mass is 9.98. The number of methoxy groups -OCH3 is 1. The fourth-order valence-electron chi connectivity index (χ4n) is 2.16. The van der Waals surface area contributed by atoms with Crippen molar-refractivity contribution < 1.29 is 9.13 Å². The van der Waals surface area contributed by atoms with Gasteiger partial charge in [0.25, 0.3) is 0 Å². The van der Waals surface area contributed by atoms with Crippen LogP contribution in [0.3, 0.4) is 0 Å². The van der Waals surface area contributed by atoms with Crippen LogP contribution in [0.4, 0.5) is 4.39 Å². The van der Waals surface area contributed by atoms with Crippen LogP contribution in [0, 0.1) is 5.82 Å². The van der Waals surface area contributed by atoms with Crippen LogP contribution < -0.4 is 16.0 Å². The average molecular weight is 374 g/mol. The molecule has 112 valence electrons. The van der Waals surface area contributed by atoms with Gasteiger partial charge in [-0.1, -0.05) is 29.8 Å². The summed E-state index contributed by atoms with van der Waals surface area (Å²) in [5, 5.41) is 0.582. The molecule has 0 bridgehead atoms. The molecular weight excluding hydrogens is 359 g/mol.